The number of carbonyl (C=O) groups excluding carboxylic acids is 3. The maximum absolute atomic E-state index is 13.7. The molecule has 1 aliphatic carbocycles. The van der Waals surface area contributed by atoms with E-state index in [1.807, 2.05) is 23.1 Å². The van der Waals surface area contributed by atoms with Crippen molar-refractivity contribution < 1.29 is 23.9 Å². The Bertz CT molecular complexity index is 1410. The number of methoxy groups -OCH3 is 1. The number of nitrogens with two attached hydrogens (primary N) is 1. The number of nitrogens with zero attached hydrogens (tertiary/aromatic N) is 4. The highest BCUT2D eigenvalue weighted by Gasteiger charge is 2.25. The Morgan fingerprint density at radius 2 is 1.87 bits per heavy atom. The van der Waals surface area contributed by atoms with E-state index in [1.54, 1.807) is 23.5 Å². The summed E-state index contributed by atoms with van der Waals surface area (Å²) in [5, 5.41) is 2.81. The van der Waals surface area contributed by atoms with E-state index in [0.29, 0.717) is 49.4 Å². The molecule has 45 heavy (non-hydrogen) atoms. The number of aliphatic imine (C=N–C) groups is 1. The molecule has 1 saturated heterocycles. The van der Waals surface area contributed by atoms with Gasteiger partial charge < -0.3 is 30.3 Å². The smallest absolute Gasteiger partial charge is 0.407 e. The number of fused-ring (bicyclic) bond motifs is 1. The van der Waals surface area contributed by atoms with E-state index in [1.165, 1.54) is 12.0 Å². The molecule has 5 rings (SSSR count). The van der Waals surface area contributed by atoms with Crippen molar-refractivity contribution in [1.29, 1.82) is 0 Å². The van der Waals surface area contributed by atoms with Gasteiger partial charge in [0.25, 0.3) is 0 Å². The fourth-order valence-electron chi connectivity index (χ4n) is 5.69. The Hall–Kier alpha value is -3.90. The molecule has 0 bridgehead atoms. The van der Waals surface area contributed by atoms with Crippen molar-refractivity contribution in [2.24, 2.45) is 10.7 Å². The lowest BCUT2D eigenvalue weighted by atomic mass is 9.96. The molecule has 2 fully saturated rings. The zero-order valence-electron chi connectivity index (χ0n) is 26.3. The van der Waals surface area contributed by atoms with Crippen LogP contribution < -0.4 is 16.0 Å². The van der Waals surface area contributed by atoms with E-state index in [2.05, 4.69) is 33.1 Å². The lowest BCUT2D eigenvalue weighted by molar-refractivity contribution is -0.127. The van der Waals surface area contributed by atoms with Crippen LogP contribution in [0.5, 0.6) is 0 Å². The number of thiophene rings is 1. The molecule has 2 aliphatic heterocycles. The Morgan fingerprint density at radius 3 is 2.53 bits per heavy atom. The maximum atomic E-state index is 13.7. The number of ether oxygens (including phenoxy) is 2. The largest absolute Gasteiger partial charge is 0.465 e. The molecule has 12 heteroatoms. The van der Waals surface area contributed by atoms with Gasteiger partial charge in [0.1, 0.15) is 11.9 Å². The molecule has 3 heterocycles. The number of anilines is 1. The molecule has 1 aromatic heterocycles. The number of hydrogen-bond acceptors (Lipinski definition) is 10. The van der Waals surface area contributed by atoms with Crippen molar-refractivity contribution in [2.45, 2.75) is 58.1 Å². The number of rotatable bonds is 12. The van der Waals surface area contributed by atoms with Gasteiger partial charge in [-0.15, -0.1) is 11.3 Å². The Kier molecular flexibility index (Phi) is 11.1. The molecule has 1 saturated carbocycles. The van der Waals surface area contributed by atoms with Gasteiger partial charge in [-0.05, 0) is 68.5 Å². The molecule has 2 aromatic rings. The molecule has 3 N–H and O–H groups in total. The first-order valence-corrected chi connectivity index (χ1v) is 16.7. The summed E-state index contributed by atoms with van der Waals surface area (Å²) in [7, 11) is 1.39. The van der Waals surface area contributed by atoms with Crippen molar-refractivity contribution in [3.63, 3.8) is 0 Å². The van der Waals surface area contributed by atoms with Gasteiger partial charge in [0.2, 0.25) is 5.91 Å². The topological polar surface area (TPSA) is 130 Å². The highest BCUT2D eigenvalue weighted by molar-refractivity contribution is 7.13. The number of amides is 2. The molecular weight excluding hydrogens is 592 g/mol. The fraction of sp³-hybridized carbons (Fsp3) is 0.515. The fourth-order valence-corrected chi connectivity index (χ4v) is 6.80. The molecule has 2 amide bonds. The van der Waals surface area contributed by atoms with Crippen molar-refractivity contribution >= 4 is 52.6 Å². The highest BCUT2D eigenvalue weighted by Crippen LogP contribution is 2.35. The standard InChI is InChI=1S/C33H44N6O5S/c1-3-13-39(14-5-12-35-33(42)44-26-6-4-7-26)31(40)24-19-29-28(36-30(34)20-24)21-27(45-29)22-37-15-17-38(18-16-37)25-10-8-23(9-11-25)32(41)43-2/h8-11,19,21,26H,3-7,12-18,20,22H2,1-2H3,(H2,34,36)(H,35,42). The molecule has 0 radical (unpaired) electrons. The zero-order chi connectivity index (χ0) is 31.8. The van der Waals surface area contributed by atoms with Gasteiger partial charge in [-0.1, -0.05) is 6.92 Å². The van der Waals surface area contributed by atoms with E-state index >= 15 is 0 Å². The number of piperazine rings is 1. The maximum Gasteiger partial charge on any atom is 0.407 e. The third-order valence-electron chi connectivity index (χ3n) is 8.39. The number of nitrogens with one attached hydrogen (secondary N) is 1. The van der Waals surface area contributed by atoms with Crippen LogP contribution in [0.3, 0.4) is 0 Å². The predicted octanol–water partition coefficient (Wildman–Crippen LogP) is 4.54. The lowest BCUT2D eigenvalue weighted by Crippen LogP contribution is -2.45. The van der Waals surface area contributed by atoms with Crippen molar-refractivity contribution in [3.05, 3.63) is 51.2 Å². The average Bonchev–Trinajstić information content (AvgIpc) is 3.31. The zero-order valence-corrected chi connectivity index (χ0v) is 27.1. The summed E-state index contributed by atoms with van der Waals surface area (Å²) in [6.07, 6.45) is 6.41. The van der Waals surface area contributed by atoms with Crippen molar-refractivity contribution in [1.82, 2.24) is 15.1 Å². The predicted molar refractivity (Wildman–Crippen MR) is 177 cm³/mol. The van der Waals surface area contributed by atoms with Crippen LogP contribution in [0.15, 0.2) is 40.9 Å². The van der Waals surface area contributed by atoms with Gasteiger partial charge >= 0.3 is 12.1 Å². The van der Waals surface area contributed by atoms with Crippen LogP contribution in [0.1, 0.15) is 65.6 Å². The Morgan fingerprint density at radius 1 is 1.11 bits per heavy atom. The molecule has 242 valence electrons. The summed E-state index contributed by atoms with van der Waals surface area (Å²) in [5.41, 5.74) is 9.40. The number of amidine groups is 1. The van der Waals surface area contributed by atoms with Gasteiger partial charge in [-0.3, -0.25) is 9.69 Å². The van der Waals surface area contributed by atoms with Crippen molar-refractivity contribution in [3.8, 4) is 0 Å². The summed E-state index contributed by atoms with van der Waals surface area (Å²) < 4.78 is 10.1. The number of esters is 1. The SMILES string of the molecule is CCCN(CCCNC(=O)OC1CCC1)C(=O)C1=Cc2sc(CN3CCN(c4ccc(C(=O)OC)cc4)CC3)cc2N=C(N)C1. The molecule has 11 nitrogen and oxygen atoms in total. The molecule has 1 aromatic carbocycles. The van der Waals surface area contributed by atoms with E-state index in [4.69, 9.17) is 15.2 Å². The Labute approximate surface area is 269 Å². The molecular formula is C33H44N6O5S. The van der Waals surface area contributed by atoms with Gasteiger partial charge in [-0.25, -0.2) is 14.6 Å². The normalized spacial score (nSPS) is 16.9. The van der Waals surface area contributed by atoms with E-state index in [0.717, 1.165) is 74.7 Å². The number of benzene rings is 1. The van der Waals surface area contributed by atoms with Crippen LogP contribution in [0.25, 0.3) is 6.08 Å². The summed E-state index contributed by atoms with van der Waals surface area (Å²) in [5.74, 6) is 0.0653. The summed E-state index contributed by atoms with van der Waals surface area (Å²) in [6.45, 7) is 8.06. The summed E-state index contributed by atoms with van der Waals surface area (Å²) in [6, 6.07) is 9.64. The number of hydrogen-bond donors (Lipinski definition) is 2. The first-order chi connectivity index (χ1) is 21.8. The minimum Gasteiger partial charge on any atom is -0.465 e. The second-order valence-corrected chi connectivity index (χ2v) is 12.9. The van der Waals surface area contributed by atoms with Crippen LogP contribution in [-0.2, 0) is 20.8 Å². The van der Waals surface area contributed by atoms with E-state index in [-0.39, 0.29) is 24.1 Å². The highest BCUT2D eigenvalue weighted by atomic mass is 32.1. The quantitative estimate of drug-likeness (QED) is 0.257. The third kappa shape index (κ3) is 8.64. The van der Waals surface area contributed by atoms with Crippen LogP contribution >= 0.6 is 11.3 Å². The average molecular weight is 637 g/mol. The third-order valence-corrected chi connectivity index (χ3v) is 9.45. The van der Waals surface area contributed by atoms with Gasteiger partial charge in [0.15, 0.2) is 0 Å². The summed E-state index contributed by atoms with van der Waals surface area (Å²) >= 11 is 1.66. The second kappa shape index (κ2) is 15.4. The van der Waals surface area contributed by atoms with Gasteiger partial charge in [0.05, 0.1) is 23.2 Å². The minimum atomic E-state index is -0.377. The first-order valence-electron chi connectivity index (χ1n) is 15.9. The van der Waals surface area contributed by atoms with Crippen LogP contribution in [0.4, 0.5) is 16.2 Å². The van der Waals surface area contributed by atoms with E-state index < -0.39 is 0 Å². The van der Waals surface area contributed by atoms with Crippen LogP contribution in [0, 0.1) is 0 Å². The van der Waals surface area contributed by atoms with Gasteiger partial charge in [0, 0.05) is 74.9 Å². The Balaban J connectivity index is 1.15. The van der Waals surface area contributed by atoms with Crippen LogP contribution in [0.2, 0.25) is 0 Å². The van der Waals surface area contributed by atoms with Crippen LogP contribution in [-0.4, -0.2) is 92.6 Å². The number of carbonyl (C=O) groups is 3. The monoisotopic (exact) mass is 636 g/mol. The molecule has 0 atom stereocenters. The minimum absolute atomic E-state index is 0.0365. The molecule has 3 aliphatic rings. The molecule has 0 unspecified atom stereocenters. The second-order valence-electron chi connectivity index (χ2n) is 11.7. The summed E-state index contributed by atoms with van der Waals surface area (Å²) in [4.78, 5) is 50.8. The molecule has 0 spiro atoms. The first kappa shape index (κ1) is 32.5. The number of alkyl carbamates (subject to hydrolysis) is 1. The van der Waals surface area contributed by atoms with E-state index in [9.17, 15) is 14.4 Å². The lowest BCUT2D eigenvalue weighted by Gasteiger charge is -2.36. The van der Waals surface area contributed by atoms with Crippen molar-refractivity contribution in [2.75, 3.05) is 57.8 Å². The van der Waals surface area contributed by atoms with Gasteiger partial charge in [-0.2, -0.15) is 0 Å².